The van der Waals surface area contributed by atoms with E-state index < -0.39 is 28.7 Å². The third-order valence-electron chi connectivity index (χ3n) is 7.24. The highest BCUT2D eigenvalue weighted by atomic mass is 32.1. The standard InChI is InChI=1S/C23H30F4N4OS/c1-15-5-6-16(13-29-15)20(2,3)31-12-11-22(14-31,10-9-17-7-8-18(24)33-17)21(4,23(25,26)27)30-19(28)32/h5-8,13H,9-12,14H2,1-4H3,(H3,28,30,32)/t21?,22-/m1/s1. The van der Waals surface area contributed by atoms with Gasteiger partial charge in [-0.05, 0) is 77.3 Å². The van der Waals surface area contributed by atoms with Gasteiger partial charge in [-0.1, -0.05) is 6.07 Å². The molecule has 2 amide bonds. The maximum Gasteiger partial charge on any atom is 0.411 e. The molecule has 0 saturated carbocycles. The van der Waals surface area contributed by atoms with E-state index >= 15 is 0 Å². The number of carbonyl (C=O) groups excluding carboxylic acids is 1. The van der Waals surface area contributed by atoms with Crippen LogP contribution in [0.2, 0.25) is 0 Å². The second-order valence-electron chi connectivity index (χ2n) is 9.52. The highest BCUT2D eigenvalue weighted by molar-refractivity contribution is 7.10. The minimum Gasteiger partial charge on any atom is -0.352 e. The van der Waals surface area contributed by atoms with Crippen LogP contribution < -0.4 is 11.1 Å². The monoisotopic (exact) mass is 486 g/mol. The average Bonchev–Trinajstić information content (AvgIpc) is 3.33. The second kappa shape index (κ2) is 8.87. The number of hydrogen-bond acceptors (Lipinski definition) is 4. The summed E-state index contributed by atoms with van der Waals surface area (Å²) in [5.74, 6) is 0. The summed E-state index contributed by atoms with van der Waals surface area (Å²) in [4.78, 5) is 18.7. The van der Waals surface area contributed by atoms with Crippen molar-refractivity contribution in [2.45, 2.75) is 64.2 Å². The molecule has 3 N–H and O–H groups in total. The first kappa shape index (κ1) is 25.4. The van der Waals surface area contributed by atoms with Crippen LogP contribution in [-0.4, -0.2) is 40.7 Å². The highest BCUT2D eigenvalue weighted by Gasteiger charge is 2.66. The first-order valence-corrected chi connectivity index (χ1v) is 11.6. The summed E-state index contributed by atoms with van der Waals surface area (Å²) in [6.45, 7) is 7.27. The summed E-state index contributed by atoms with van der Waals surface area (Å²) in [7, 11) is 0. The van der Waals surface area contributed by atoms with Gasteiger partial charge in [-0.15, -0.1) is 11.3 Å². The molecule has 1 aliphatic rings. The second-order valence-corrected chi connectivity index (χ2v) is 10.6. The van der Waals surface area contributed by atoms with E-state index in [4.69, 9.17) is 5.73 Å². The van der Waals surface area contributed by atoms with Gasteiger partial charge in [0.25, 0.3) is 0 Å². The molecule has 2 aromatic rings. The van der Waals surface area contributed by atoms with E-state index in [-0.39, 0.29) is 30.9 Å². The fraction of sp³-hybridized carbons (Fsp3) is 0.565. The van der Waals surface area contributed by atoms with Crippen LogP contribution in [0.5, 0.6) is 0 Å². The lowest BCUT2D eigenvalue weighted by atomic mass is 9.66. The zero-order chi connectivity index (χ0) is 24.7. The lowest BCUT2D eigenvalue weighted by molar-refractivity contribution is -0.223. The van der Waals surface area contributed by atoms with Crippen molar-refractivity contribution in [2.24, 2.45) is 11.1 Å². The summed E-state index contributed by atoms with van der Waals surface area (Å²) in [5.41, 5.74) is 2.45. The van der Waals surface area contributed by atoms with Crippen molar-refractivity contribution in [1.82, 2.24) is 15.2 Å². The van der Waals surface area contributed by atoms with Crippen LogP contribution in [0.3, 0.4) is 0 Å². The molecule has 3 rings (SSSR count). The van der Waals surface area contributed by atoms with E-state index in [2.05, 4.69) is 4.98 Å². The predicted octanol–water partition coefficient (Wildman–Crippen LogP) is 5.14. The smallest absolute Gasteiger partial charge is 0.352 e. The van der Waals surface area contributed by atoms with Crippen molar-refractivity contribution in [2.75, 3.05) is 13.1 Å². The molecule has 0 aromatic carbocycles. The Bertz CT molecular complexity index is 991. The average molecular weight is 487 g/mol. The summed E-state index contributed by atoms with van der Waals surface area (Å²) in [6, 6.07) is 5.49. The van der Waals surface area contributed by atoms with Gasteiger partial charge >= 0.3 is 12.2 Å². The lowest BCUT2D eigenvalue weighted by Crippen LogP contribution is -2.68. The maximum atomic E-state index is 14.5. The Balaban J connectivity index is 2.00. The highest BCUT2D eigenvalue weighted by Crippen LogP contribution is 2.53. The van der Waals surface area contributed by atoms with Crippen molar-refractivity contribution >= 4 is 17.4 Å². The molecule has 0 spiro atoms. The number of pyridine rings is 1. The zero-order valence-electron chi connectivity index (χ0n) is 19.2. The largest absolute Gasteiger partial charge is 0.411 e. The van der Waals surface area contributed by atoms with E-state index in [0.717, 1.165) is 29.5 Å². The molecule has 1 fully saturated rings. The zero-order valence-corrected chi connectivity index (χ0v) is 20.0. The van der Waals surface area contributed by atoms with E-state index in [0.29, 0.717) is 11.4 Å². The number of aryl methyl sites for hydroxylation is 2. The Kier molecular flexibility index (Phi) is 6.83. The number of primary amides is 1. The van der Waals surface area contributed by atoms with E-state index in [9.17, 15) is 22.4 Å². The molecule has 1 aliphatic heterocycles. The third-order valence-corrected chi connectivity index (χ3v) is 8.18. The van der Waals surface area contributed by atoms with Crippen molar-refractivity contribution in [3.8, 4) is 0 Å². The maximum absolute atomic E-state index is 14.5. The van der Waals surface area contributed by atoms with Crippen LogP contribution in [0.4, 0.5) is 22.4 Å². The first-order valence-electron chi connectivity index (χ1n) is 10.8. The molecular formula is C23H30F4N4OS. The number of nitrogens with zero attached hydrogens (tertiary/aromatic N) is 2. The number of urea groups is 1. The Morgan fingerprint density at radius 1 is 1.24 bits per heavy atom. The minimum atomic E-state index is -4.74. The normalized spacial score (nSPS) is 21.7. The van der Waals surface area contributed by atoms with Crippen molar-refractivity contribution in [3.63, 3.8) is 0 Å². The molecule has 3 heterocycles. The first-order chi connectivity index (χ1) is 15.2. The van der Waals surface area contributed by atoms with Gasteiger partial charge < -0.3 is 11.1 Å². The molecule has 1 saturated heterocycles. The number of halogens is 4. The minimum absolute atomic E-state index is 0.0814. The van der Waals surface area contributed by atoms with Crippen LogP contribution >= 0.6 is 11.3 Å². The Labute approximate surface area is 195 Å². The van der Waals surface area contributed by atoms with Gasteiger partial charge in [-0.25, -0.2) is 4.79 Å². The number of nitrogens with one attached hydrogen (secondary N) is 1. The molecule has 33 heavy (non-hydrogen) atoms. The number of aromatic nitrogens is 1. The molecule has 10 heteroatoms. The number of alkyl halides is 3. The van der Waals surface area contributed by atoms with Crippen molar-refractivity contribution < 1.29 is 22.4 Å². The number of hydrogen-bond donors (Lipinski definition) is 2. The summed E-state index contributed by atoms with van der Waals surface area (Å²) < 4.78 is 57.1. The number of amides is 2. The van der Waals surface area contributed by atoms with Crippen LogP contribution in [0.25, 0.3) is 0 Å². The molecule has 182 valence electrons. The Morgan fingerprint density at radius 2 is 1.94 bits per heavy atom. The number of nitrogens with two attached hydrogens (primary N) is 1. The number of thiophene rings is 1. The van der Waals surface area contributed by atoms with Crippen LogP contribution in [0.15, 0.2) is 30.5 Å². The van der Waals surface area contributed by atoms with Crippen LogP contribution in [0.1, 0.15) is 49.7 Å². The van der Waals surface area contributed by atoms with Gasteiger partial charge in [-0.3, -0.25) is 9.88 Å². The Morgan fingerprint density at radius 3 is 2.45 bits per heavy atom. The van der Waals surface area contributed by atoms with Gasteiger partial charge in [0.2, 0.25) is 0 Å². The fourth-order valence-corrected chi connectivity index (χ4v) is 5.55. The van der Waals surface area contributed by atoms with Gasteiger partial charge in [0.1, 0.15) is 5.54 Å². The molecule has 0 bridgehead atoms. The SMILES string of the molecule is Cc1ccc(C(C)(C)N2CC[C@@](CCc3ccc(F)s3)(C(C)(NC(N)=O)C(F)(F)F)C2)cn1. The lowest BCUT2D eigenvalue weighted by Gasteiger charge is -2.48. The van der Waals surface area contributed by atoms with Crippen LogP contribution in [-0.2, 0) is 12.0 Å². The topological polar surface area (TPSA) is 71.2 Å². The molecule has 2 atom stereocenters. The molecular weight excluding hydrogens is 456 g/mol. The van der Waals surface area contributed by atoms with E-state index in [1.165, 1.54) is 6.07 Å². The van der Waals surface area contributed by atoms with E-state index in [1.54, 1.807) is 12.3 Å². The molecule has 5 nitrogen and oxygen atoms in total. The van der Waals surface area contributed by atoms with E-state index in [1.807, 2.05) is 43.1 Å². The number of rotatable bonds is 7. The summed E-state index contributed by atoms with van der Waals surface area (Å²) in [5, 5.41) is 1.66. The number of carbonyl (C=O) groups is 1. The van der Waals surface area contributed by atoms with Gasteiger partial charge in [0.15, 0.2) is 5.13 Å². The summed E-state index contributed by atoms with van der Waals surface area (Å²) in [6.07, 6.45) is -2.43. The predicted molar refractivity (Wildman–Crippen MR) is 120 cm³/mol. The van der Waals surface area contributed by atoms with Crippen LogP contribution in [0, 0.1) is 17.5 Å². The molecule has 0 radical (unpaired) electrons. The van der Waals surface area contributed by atoms with Crippen molar-refractivity contribution in [3.05, 3.63) is 51.7 Å². The fourth-order valence-electron chi connectivity index (χ4n) is 4.82. The molecule has 1 unspecified atom stereocenters. The Hall–Kier alpha value is -2.20. The molecule has 0 aliphatic carbocycles. The number of likely N-dealkylation sites (tertiary alicyclic amines) is 1. The quantitative estimate of drug-likeness (QED) is 0.533. The van der Waals surface area contributed by atoms with Gasteiger partial charge in [0, 0.05) is 34.3 Å². The van der Waals surface area contributed by atoms with Gasteiger partial charge in [-0.2, -0.15) is 17.6 Å². The van der Waals surface area contributed by atoms with Gasteiger partial charge in [0.05, 0.1) is 0 Å². The van der Waals surface area contributed by atoms with Crippen molar-refractivity contribution in [1.29, 1.82) is 0 Å². The third kappa shape index (κ3) is 4.87. The molecule has 2 aromatic heterocycles. The summed E-state index contributed by atoms with van der Waals surface area (Å²) >= 11 is 0.925.